The monoisotopic (exact) mass is 326 g/mol. The molecule has 0 unspecified atom stereocenters. The van der Waals surface area contributed by atoms with E-state index in [9.17, 15) is 0 Å². The molecular weight excluding hydrogens is 288 g/mol. The van der Waals surface area contributed by atoms with E-state index >= 15 is 0 Å². The van der Waals surface area contributed by atoms with E-state index in [4.69, 9.17) is 9.47 Å². The van der Waals surface area contributed by atoms with Gasteiger partial charge in [-0.15, -0.1) is 0 Å². The third-order valence-corrected chi connectivity index (χ3v) is 5.00. The zero-order chi connectivity index (χ0) is 16.0. The second-order valence-corrected chi connectivity index (χ2v) is 7.09. The van der Waals surface area contributed by atoms with Gasteiger partial charge in [0.2, 0.25) is 0 Å². The molecule has 2 aliphatic heterocycles. The SMILES string of the molecule is C1CCN(CCCOCCCOCCCN2CCCCC2)CC1. The molecule has 0 aliphatic carbocycles. The molecule has 0 N–H and O–H groups in total. The molecule has 0 aromatic carbocycles. The van der Waals surface area contributed by atoms with Gasteiger partial charge in [0.15, 0.2) is 0 Å². The highest BCUT2D eigenvalue weighted by Crippen LogP contribution is 2.09. The number of rotatable bonds is 12. The third kappa shape index (κ3) is 9.65. The maximum absolute atomic E-state index is 5.71. The summed E-state index contributed by atoms with van der Waals surface area (Å²) in [5, 5.41) is 0. The second-order valence-electron chi connectivity index (χ2n) is 7.09. The first-order valence-corrected chi connectivity index (χ1v) is 10.1. The van der Waals surface area contributed by atoms with Gasteiger partial charge in [0.25, 0.3) is 0 Å². The van der Waals surface area contributed by atoms with E-state index in [0.717, 1.165) is 32.8 Å². The lowest BCUT2D eigenvalue weighted by atomic mass is 10.1. The van der Waals surface area contributed by atoms with Crippen molar-refractivity contribution in [3.05, 3.63) is 0 Å². The third-order valence-electron chi connectivity index (χ3n) is 5.00. The Morgan fingerprint density at radius 1 is 0.478 bits per heavy atom. The van der Waals surface area contributed by atoms with Crippen molar-refractivity contribution in [3.63, 3.8) is 0 Å². The van der Waals surface area contributed by atoms with Crippen molar-refractivity contribution in [1.29, 1.82) is 0 Å². The number of hydrogen-bond acceptors (Lipinski definition) is 4. The first kappa shape index (κ1) is 19.2. The van der Waals surface area contributed by atoms with Crippen LogP contribution >= 0.6 is 0 Å². The highest BCUT2D eigenvalue weighted by atomic mass is 16.5. The van der Waals surface area contributed by atoms with Crippen LogP contribution in [0.15, 0.2) is 0 Å². The quantitative estimate of drug-likeness (QED) is 0.514. The average Bonchev–Trinajstić information content (AvgIpc) is 2.61. The van der Waals surface area contributed by atoms with Gasteiger partial charge in [-0.1, -0.05) is 12.8 Å². The van der Waals surface area contributed by atoms with E-state index in [1.54, 1.807) is 0 Å². The van der Waals surface area contributed by atoms with Crippen LogP contribution in [0.2, 0.25) is 0 Å². The average molecular weight is 327 g/mol. The standard InChI is InChI=1S/C19H38N2O2/c1-3-10-20(11-4-1)14-7-16-22-18-9-19-23-17-8-15-21-12-5-2-6-13-21/h1-19H2. The Morgan fingerprint density at radius 2 is 0.870 bits per heavy atom. The van der Waals surface area contributed by atoms with E-state index < -0.39 is 0 Å². The topological polar surface area (TPSA) is 24.9 Å². The molecule has 2 rings (SSSR count). The van der Waals surface area contributed by atoms with Crippen LogP contribution < -0.4 is 0 Å². The summed E-state index contributed by atoms with van der Waals surface area (Å²) in [5.74, 6) is 0. The molecule has 0 amide bonds. The van der Waals surface area contributed by atoms with Crippen LogP contribution in [0.5, 0.6) is 0 Å². The molecule has 2 aliphatic rings. The van der Waals surface area contributed by atoms with E-state index in [1.807, 2.05) is 0 Å². The Kier molecular flexibility index (Phi) is 11.0. The Hall–Kier alpha value is -0.160. The van der Waals surface area contributed by atoms with Crippen LogP contribution in [-0.2, 0) is 9.47 Å². The number of likely N-dealkylation sites (tertiary alicyclic amines) is 2. The summed E-state index contributed by atoms with van der Waals surface area (Å²) in [7, 11) is 0. The van der Waals surface area contributed by atoms with Gasteiger partial charge < -0.3 is 19.3 Å². The zero-order valence-corrected chi connectivity index (χ0v) is 15.1. The molecule has 136 valence electrons. The zero-order valence-electron chi connectivity index (χ0n) is 15.1. The fourth-order valence-electron chi connectivity index (χ4n) is 3.61. The Bertz CT molecular complexity index is 238. The normalized spacial score (nSPS) is 20.9. The molecule has 0 spiro atoms. The summed E-state index contributed by atoms with van der Waals surface area (Å²) in [4.78, 5) is 5.16. The lowest BCUT2D eigenvalue weighted by Gasteiger charge is -2.26. The van der Waals surface area contributed by atoms with Gasteiger partial charge >= 0.3 is 0 Å². The van der Waals surface area contributed by atoms with Crippen LogP contribution in [0, 0.1) is 0 Å². The lowest BCUT2D eigenvalue weighted by molar-refractivity contribution is 0.0725. The Labute approximate surface area is 143 Å². The van der Waals surface area contributed by atoms with Crippen molar-refractivity contribution < 1.29 is 9.47 Å². The molecule has 0 radical (unpaired) electrons. The molecule has 0 atom stereocenters. The van der Waals surface area contributed by atoms with Crippen LogP contribution in [0.3, 0.4) is 0 Å². The maximum atomic E-state index is 5.71. The number of nitrogens with zero attached hydrogens (tertiary/aromatic N) is 2. The highest BCUT2D eigenvalue weighted by Gasteiger charge is 2.09. The molecule has 0 bridgehead atoms. The van der Waals surface area contributed by atoms with E-state index in [0.29, 0.717) is 0 Å². The summed E-state index contributed by atoms with van der Waals surface area (Å²) in [6.07, 6.45) is 11.8. The minimum Gasteiger partial charge on any atom is -0.381 e. The first-order chi connectivity index (χ1) is 11.4. The molecule has 2 heterocycles. The Morgan fingerprint density at radius 3 is 1.30 bits per heavy atom. The van der Waals surface area contributed by atoms with Gasteiger partial charge in [-0.2, -0.15) is 0 Å². The van der Waals surface area contributed by atoms with Crippen LogP contribution in [0.1, 0.15) is 57.8 Å². The predicted molar refractivity (Wildman–Crippen MR) is 96.1 cm³/mol. The molecule has 23 heavy (non-hydrogen) atoms. The summed E-state index contributed by atoms with van der Waals surface area (Å²) < 4.78 is 11.4. The van der Waals surface area contributed by atoms with Gasteiger partial charge in [0, 0.05) is 39.5 Å². The predicted octanol–water partition coefficient (Wildman–Crippen LogP) is 3.16. The summed E-state index contributed by atoms with van der Waals surface area (Å²) in [5.41, 5.74) is 0. The fraction of sp³-hybridized carbons (Fsp3) is 1.00. The van der Waals surface area contributed by atoms with Crippen LogP contribution in [-0.4, -0.2) is 75.5 Å². The van der Waals surface area contributed by atoms with Gasteiger partial charge in [-0.05, 0) is 71.1 Å². The summed E-state index contributed by atoms with van der Waals surface area (Å²) >= 11 is 0. The second kappa shape index (κ2) is 13.2. The molecule has 0 aromatic rings. The summed E-state index contributed by atoms with van der Waals surface area (Å²) in [6, 6.07) is 0. The molecule has 4 heteroatoms. The number of piperidine rings is 2. The van der Waals surface area contributed by atoms with Gasteiger partial charge in [0.05, 0.1) is 0 Å². The molecule has 0 aromatic heterocycles. The van der Waals surface area contributed by atoms with Crippen LogP contribution in [0.25, 0.3) is 0 Å². The minimum absolute atomic E-state index is 0.853. The van der Waals surface area contributed by atoms with Gasteiger partial charge in [-0.25, -0.2) is 0 Å². The highest BCUT2D eigenvalue weighted by molar-refractivity contribution is 4.64. The van der Waals surface area contributed by atoms with Crippen molar-refractivity contribution in [3.8, 4) is 0 Å². The van der Waals surface area contributed by atoms with Crippen LogP contribution in [0.4, 0.5) is 0 Å². The summed E-state index contributed by atoms with van der Waals surface area (Å²) in [6.45, 7) is 11.1. The number of hydrogen-bond donors (Lipinski definition) is 0. The van der Waals surface area contributed by atoms with Crippen molar-refractivity contribution in [2.45, 2.75) is 57.8 Å². The molecule has 2 fully saturated rings. The molecular formula is C19H38N2O2. The molecule has 2 saturated heterocycles. The minimum atomic E-state index is 0.853. The van der Waals surface area contributed by atoms with Gasteiger partial charge in [-0.3, -0.25) is 0 Å². The van der Waals surface area contributed by atoms with E-state index in [-0.39, 0.29) is 0 Å². The van der Waals surface area contributed by atoms with Gasteiger partial charge in [0.1, 0.15) is 0 Å². The van der Waals surface area contributed by atoms with Crippen molar-refractivity contribution in [1.82, 2.24) is 9.80 Å². The van der Waals surface area contributed by atoms with Crippen molar-refractivity contribution >= 4 is 0 Å². The molecule has 4 nitrogen and oxygen atoms in total. The lowest BCUT2D eigenvalue weighted by Crippen LogP contribution is -2.31. The smallest absolute Gasteiger partial charge is 0.0487 e. The van der Waals surface area contributed by atoms with Crippen molar-refractivity contribution in [2.75, 3.05) is 65.7 Å². The van der Waals surface area contributed by atoms with Crippen molar-refractivity contribution in [2.24, 2.45) is 0 Å². The fourth-order valence-corrected chi connectivity index (χ4v) is 3.61. The Balaban J connectivity index is 1.26. The maximum Gasteiger partial charge on any atom is 0.0487 e. The number of ether oxygens (including phenoxy) is 2. The molecule has 0 saturated carbocycles. The van der Waals surface area contributed by atoms with E-state index in [1.165, 1.54) is 90.6 Å². The first-order valence-electron chi connectivity index (χ1n) is 10.1. The largest absolute Gasteiger partial charge is 0.381 e. The van der Waals surface area contributed by atoms with E-state index in [2.05, 4.69) is 9.80 Å².